The Morgan fingerprint density at radius 1 is 1.19 bits per heavy atom. The normalized spacial score (nSPS) is 16.7. The quantitative estimate of drug-likeness (QED) is 0.834. The number of benzene rings is 1. The van der Waals surface area contributed by atoms with Gasteiger partial charge in [0, 0.05) is 39.0 Å². The predicted molar refractivity (Wildman–Crippen MR) is 89.8 cm³/mol. The van der Waals surface area contributed by atoms with Gasteiger partial charge in [0.25, 0.3) is 0 Å². The van der Waals surface area contributed by atoms with E-state index in [1.807, 2.05) is 0 Å². The molecule has 0 bridgehead atoms. The summed E-state index contributed by atoms with van der Waals surface area (Å²) in [7, 11) is 1.80. The lowest BCUT2D eigenvalue weighted by Crippen LogP contribution is -2.34. The number of hydrogen-bond acceptors (Lipinski definition) is 3. The highest BCUT2D eigenvalue weighted by atomic mass is 16.5. The molecule has 1 heterocycles. The Kier molecular flexibility index (Phi) is 6.52. The third-order valence-electron chi connectivity index (χ3n) is 4.20. The lowest BCUT2D eigenvalue weighted by molar-refractivity contribution is 0.139. The number of nitrogens with one attached hydrogen (secondary N) is 1. The van der Waals surface area contributed by atoms with Gasteiger partial charge in [-0.25, -0.2) is 0 Å². The topological polar surface area (TPSA) is 24.5 Å². The molecule has 0 aromatic heterocycles. The molecule has 1 N–H and O–H groups in total. The molecule has 118 valence electrons. The van der Waals surface area contributed by atoms with Crippen molar-refractivity contribution in [1.29, 1.82) is 0 Å². The first-order valence-electron chi connectivity index (χ1n) is 8.22. The van der Waals surface area contributed by atoms with Gasteiger partial charge in [0.2, 0.25) is 0 Å². The SMILES string of the molecule is COCC1CCN(c2ccc(CNCC(C)C)cc2)CC1. The van der Waals surface area contributed by atoms with Crippen LogP contribution in [-0.2, 0) is 11.3 Å². The highest BCUT2D eigenvalue weighted by Crippen LogP contribution is 2.23. The van der Waals surface area contributed by atoms with E-state index in [1.54, 1.807) is 7.11 Å². The van der Waals surface area contributed by atoms with Crippen LogP contribution in [0.25, 0.3) is 0 Å². The molecule has 1 aromatic carbocycles. The van der Waals surface area contributed by atoms with Gasteiger partial charge >= 0.3 is 0 Å². The molecular formula is C18H30N2O. The minimum absolute atomic E-state index is 0.706. The van der Waals surface area contributed by atoms with Gasteiger partial charge in [-0.15, -0.1) is 0 Å². The molecule has 0 radical (unpaired) electrons. The molecular weight excluding hydrogens is 260 g/mol. The molecule has 1 aliphatic heterocycles. The van der Waals surface area contributed by atoms with Crippen LogP contribution in [0, 0.1) is 11.8 Å². The Labute approximate surface area is 129 Å². The highest BCUT2D eigenvalue weighted by Gasteiger charge is 2.19. The Morgan fingerprint density at radius 3 is 2.43 bits per heavy atom. The number of methoxy groups -OCH3 is 1. The third-order valence-corrected chi connectivity index (χ3v) is 4.20. The molecule has 1 saturated heterocycles. The fraction of sp³-hybridized carbons (Fsp3) is 0.667. The van der Waals surface area contributed by atoms with E-state index in [4.69, 9.17) is 4.74 Å². The van der Waals surface area contributed by atoms with Crippen LogP contribution >= 0.6 is 0 Å². The molecule has 0 spiro atoms. The lowest BCUT2D eigenvalue weighted by Gasteiger charge is -2.33. The molecule has 0 aliphatic carbocycles. The summed E-state index contributed by atoms with van der Waals surface area (Å²) in [6, 6.07) is 9.04. The van der Waals surface area contributed by atoms with E-state index in [0.29, 0.717) is 5.92 Å². The average Bonchev–Trinajstić information content (AvgIpc) is 2.49. The third kappa shape index (κ3) is 5.33. The predicted octanol–water partition coefficient (Wildman–Crippen LogP) is 3.30. The second kappa shape index (κ2) is 8.40. The average molecular weight is 290 g/mol. The Morgan fingerprint density at radius 2 is 1.86 bits per heavy atom. The lowest BCUT2D eigenvalue weighted by atomic mass is 9.97. The number of anilines is 1. The Bertz CT molecular complexity index is 394. The first kappa shape index (κ1) is 16.3. The molecule has 0 saturated carbocycles. The molecule has 3 heteroatoms. The van der Waals surface area contributed by atoms with Crippen LogP contribution < -0.4 is 10.2 Å². The largest absolute Gasteiger partial charge is 0.384 e. The number of piperidine rings is 1. The summed E-state index contributed by atoms with van der Waals surface area (Å²) in [6.07, 6.45) is 2.48. The molecule has 1 aliphatic rings. The molecule has 1 aromatic rings. The Hall–Kier alpha value is -1.06. The molecule has 0 unspecified atom stereocenters. The minimum atomic E-state index is 0.706. The summed E-state index contributed by atoms with van der Waals surface area (Å²) < 4.78 is 5.27. The minimum Gasteiger partial charge on any atom is -0.384 e. The fourth-order valence-electron chi connectivity index (χ4n) is 2.92. The molecule has 3 nitrogen and oxygen atoms in total. The standard InChI is InChI=1S/C18H30N2O/c1-15(2)12-19-13-16-4-6-18(7-5-16)20-10-8-17(9-11-20)14-21-3/h4-7,15,17,19H,8-14H2,1-3H3. The van der Waals surface area contributed by atoms with Crippen LogP contribution in [0.3, 0.4) is 0 Å². The van der Waals surface area contributed by atoms with Crippen molar-refractivity contribution >= 4 is 5.69 Å². The van der Waals surface area contributed by atoms with Crippen LogP contribution in [0.2, 0.25) is 0 Å². The first-order valence-corrected chi connectivity index (χ1v) is 8.22. The second-order valence-corrected chi connectivity index (χ2v) is 6.58. The summed E-state index contributed by atoms with van der Waals surface area (Å²) in [5.41, 5.74) is 2.73. The van der Waals surface area contributed by atoms with Gasteiger partial charge in [-0.1, -0.05) is 26.0 Å². The van der Waals surface area contributed by atoms with Crippen molar-refractivity contribution in [3.8, 4) is 0 Å². The molecule has 0 amide bonds. The van der Waals surface area contributed by atoms with Crippen molar-refractivity contribution in [1.82, 2.24) is 5.32 Å². The van der Waals surface area contributed by atoms with Gasteiger partial charge < -0.3 is 15.0 Å². The van der Waals surface area contributed by atoms with Crippen molar-refractivity contribution in [2.24, 2.45) is 11.8 Å². The first-order chi connectivity index (χ1) is 10.2. The molecule has 0 atom stereocenters. The van der Waals surface area contributed by atoms with E-state index in [1.165, 1.54) is 24.1 Å². The zero-order chi connectivity index (χ0) is 15.1. The Balaban J connectivity index is 1.79. The van der Waals surface area contributed by atoms with Gasteiger partial charge in [0.1, 0.15) is 0 Å². The van der Waals surface area contributed by atoms with Crippen molar-refractivity contribution in [2.45, 2.75) is 33.2 Å². The van der Waals surface area contributed by atoms with Crippen LogP contribution in [0.15, 0.2) is 24.3 Å². The fourth-order valence-corrected chi connectivity index (χ4v) is 2.92. The molecule has 2 rings (SSSR count). The maximum Gasteiger partial charge on any atom is 0.0491 e. The summed E-state index contributed by atoms with van der Waals surface area (Å²) in [4.78, 5) is 2.50. The van der Waals surface area contributed by atoms with Crippen molar-refractivity contribution < 1.29 is 4.74 Å². The van der Waals surface area contributed by atoms with Crippen molar-refractivity contribution in [3.63, 3.8) is 0 Å². The monoisotopic (exact) mass is 290 g/mol. The van der Waals surface area contributed by atoms with E-state index in [0.717, 1.165) is 38.7 Å². The van der Waals surface area contributed by atoms with Gasteiger partial charge in [-0.3, -0.25) is 0 Å². The number of hydrogen-bond donors (Lipinski definition) is 1. The van der Waals surface area contributed by atoms with Crippen molar-refractivity contribution in [2.75, 3.05) is 38.3 Å². The van der Waals surface area contributed by atoms with E-state index in [2.05, 4.69) is 48.3 Å². The maximum atomic E-state index is 5.27. The van der Waals surface area contributed by atoms with Gasteiger partial charge in [0.15, 0.2) is 0 Å². The van der Waals surface area contributed by atoms with Crippen LogP contribution in [0.4, 0.5) is 5.69 Å². The number of nitrogens with zero attached hydrogens (tertiary/aromatic N) is 1. The summed E-state index contributed by atoms with van der Waals surface area (Å²) >= 11 is 0. The van der Waals surface area contributed by atoms with E-state index in [9.17, 15) is 0 Å². The molecule has 1 fully saturated rings. The smallest absolute Gasteiger partial charge is 0.0491 e. The van der Waals surface area contributed by atoms with Crippen LogP contribution in [0.5, 0.6) is 0 Å². The van der Waals surface area contributed by atoms with Crippen molar-refractivity contribution in [3.05, 3.63) is 29.8 Å². The zero-order valence-electron chi connectivity index (χ0n) is 13.8. The number of rotatable bonds is 7. The van der Waals surface area contributed by atoms with Gasteiger partial charge in [-0.2, -0.15) is 0 Å². The van der Waals surface area contributed by atoms with Crippen LogP contribution in [-0.4, -0.2) is 33.4 Å². The summed E-state index contributed by atoms with van der Waals surface area (Å²) in [5, 5.41) is 3.49. The van der Waals surface area contributed by atoms with Gasteiger partial charge in [-0.05, 0) is 48.9 Å². The van der Waals surface area contributed by atoms with Crippen LogP contribution in [0.1, 0.15) is 32.3 Å². The highest BCUT2D eigenvalue weighted by molar-refractivity contribution is 5.47. The summed E-state index contributed by atoms with van der Waals surface area (Å²) in [6.45, 7) is 9.74. The van der Waals surface area contributed by atoms with Gasteiger partial charge in [0.05, 0.1) is 0 Å². The number of ether oxygens (including phenoxy) is 1. The zero-order valence-corrected chi connectivity index (χ0v) is 13.8. The molecule has 21 heavy (non-hydrogen) atoms. The maximum absolute atomic E-state index is 5.27. The second-order valence-electron chi connectivity index (χ2n) is 6.58. The van der Waals surface area contributed by atoms with E-state index >= 15 is 0 Å². The van der Waals surface area contributed by atoms with E-state index in [-0.39, 0.29) is 0 Å². The summed E-state index contributed by atoms with van der Waals surface area (Å²) in [5.74, 6) is 1.45. The van der Waals surface area contributed by atoms with E-state index < -0.39 is 0 Å².